The van der Waals surface area contributed by atoms with Crippen molar-refractivity contribution in [2.24, 2.45) is 11.0 Å². The molecule has 1 aromatic carbocycles. The van der Waals surface area contributed by atoms with E-state index in [9.17, 15) is 8.78 Å². The lowest BCUT2D eigenvalue weighted by atomic mass is 9.84. The Kier molecular flexibility index (Phi) is 7.24. The third-order valence-corrected chi connectivity index (χ3v) is 9.72. The number of likely N-dealkylation sites (tertiary alicyclic amines) is 1. The molecular formula is C27H32ClF3N4O2S. The largest absolute Gasteiger partial charge is 0.379 e. The molecule has 1 unspecified atom stereocenters. The van der Waals surface area contributed by atoms with Gasteiger partial charge in [0.25, 0.3) is 5.92 Å². The lowest BCUT2D eigenvalue weighted by Crippen LogP contribution is -2.50. The molecule has 0 aliphatic carbocycles. The molecule has 6 nitrogen and oxygen atoms in total. The number of hydrazone groups is 1. The Labute approximate surface area is 229 Å². The van der Waals surface area contributed by atoms with Crippen LogP contribution < -0.4 is 5.01 Å². The molecule has 11 heteroatoms. The van der Waals surface area contributed by atoms with Crippen LogP contribution >= 0.6 is 22.9 Å². The highest BCUT2D eigenvalue weighted by molar-refractivity contribution is 7.16. The summed E-state index contributed by atoms with van der Waals surface area (Å²) in [5.41, 5.74) is 1.79. The van der Waals surface area contributed by atoms with Gasteiger partial charge in [0.15, 0.2) is 0 Å². The molecule has 2 fully saturated rings. The van der Waals surface area contributed by atoms with Gasteiger partial charge >= 0.3 is 0 Å². The summed E-state index contributed by atoms with van der Waals surface area (Å²) in [5.74, 6) is -3.11. The molecule has 0 amide bonds. The van der Waals surface area contributed by atoms with Crippen molar-refractivity contribution in [1.82, 2.24) is 9.80 Å². The second kappa shape index (κ2) is 10.4. The molecule has 4 aliphatic rings. The predicted molar refractivity (Wildman–Crippen MR) is 143 cm³/mol. The number of anilines is 1. The van der Waals surface area contributed by atoms with Crippen LogP contribution in [-0.4, -0.2) is 74.6 Å². The van der Waals surface area contributed by atoms with Crippen LogP contribution in [0.25, 0.3) is 0 Å². The zero-order valence-electron chi connectivity index (χ0n) is 21.4. The first-order valence-corrected chi connectivity index (χ1v) is 14.4. The van der Waals surface area contributed by atoms with Gasteiger partial charge in [0, 0.05) is 61.3 Å². The van der Waals surface area contributed by atoms with Crippen molar-refractivity contribution in [3.63, 3.8) is 0 Å². The summed E-state index contributed by atoms with van der Waals surface area (Å²) < 4.78 is 55.7. The first-order chi connectivity index (χ1) is 18.2. The molecule has 1 aromatic heterocycles. The zero-order valence-corrected chi connectivity index (χ0v) is 23.0. The van der Waals surface area contributed by atoms with E-state index in [4.69, 9.17) is 26.2 Å². The average Bonchev–Trinajstić information content (AvgIpc) is 3.47. The minimum Gasteiger partial charge on any atom is -0.379 e. The second-order valence-electron chi connectivity index (χ2n) is 10.7. The Morgan fingerprint density at radius 1 is 1.13 bits per heavy atom. The molecular weight excluding hydrogens is 537 g/mol. The smallest absolute Gasteiger partial charge is 0.297 e. The van der Waals surface area contributed by atoms with Crippen molar-refractivity contribution in [2.75, 3.05) is 64.1 Å². The summed E-state index contributed by atoms with van der Waals surface area (Å²) in [7, 11) is 0. The zero-order chi connectivity index (χ0) is 26.5. The van der Waals surface area contributed by atoms with E-state index in [0.717, 1.165) is 44.0 Å². The van der Waals surface area contributed by atoms with Gasteiger partial charge in [-0.15, -0.1) is 11.3 Å². The maximum Gasteiger partial charge on any atom is 0.297 e. The number of hydrogen-bond donors (Lipinski definition) is 0. The highest BCUT2D eigenvalue weighted by Crippen LogP contribution is 2.52. The van der Waals surface area contributed by atoms with Crippen LogP contribution in [0.5, 0.6) is 0 Å². The van der Waals surface area contributed by atoms with E-state index in [2.05, 4.69) is 9.80 Å². The molecule has 0 bridgehead atoms. The number of thiophene rings is 1. The summed E-state index contributed by atoms with van der Waals surface area (Å²) in [5, 5.41) is 6.59. The third kappa shape index (κ3) is 4.99. The second-order valence-corrected chi connectivity index (χ2v) is 12.4. The van der Waals surface area contributed by atoms with Crippen LogP contribution in [0.1, 0.15) is 35.8 Å². The summed E-state index contributed by atoms with van der Waals surface area (Å²) in [6.07, 6.45) is 1.27. The average molecular weight is 569 g/mol. The van der Waals surface area contributed by atoms with Gasteiger partial charge in [-0.25, -0.2) is 4.39 Å². The van der Waals surface area contributed by atoms with Crippen LogP contribution in [-0.2, 0) is 27.5 Å². The number of rotatable bonds is 5. The molecule has 0 N–H and O–H groups in total. The van der Waals surface area contributed by atoms with E-state index in [1.165, 1.54) is 23.5 Å². The Hall–Kier alpha value is -1.69. The number of benzene rings is 1. The summed E-state index contributed by atoms with van der Waals surface area (Å²) in [4.78, 5) is 5.21. The van der Waals surface area contributed by atoms with Crippen molar-refractivity contribution in [1.29, 1.82) is 0 Å². The van der Waals surface area contributed by atoms with E-state index < -0.39 is 18.1 Å². The number of nitrogens with zero attached hydrogens (tertiary/aromatic N) is 4. The van der Waals surface area contributed by atoms with Crippen molar-refractivity contribution < 1.29 is 22.6 Å². The van der Waals surface area contributed by atoms with Gasteiger partial charge in [-0.2, -0.15) is 13.9 Å². The number of piperidine rings is 1. The Balaban J connectivity index is 1.11. The molecule has 206 valence electrons. The molecule has 2 aromatic rings. The van der Waals surface area contributed by atoms with Gasteiger partial charge in [0.2, 0.25) is 0 Å². The van der Waals surface area contributed by atoms with E-state index in [0.29, 0.717) is 54.0 Å². The van der Waals surface area contributed by atoms with Gasteiger partial charge in [0.1, 0.15) is 18.0 Å². The molecule has 6 rings (SSSR count). The highest BCUT2D eigenvalue weighted by atomic mass is 35.5. The van der Waals surface area contributed by atoms with Crippen molar-refractivity contribution in [3.05, 3.63) is 50.4 Å². The lowest BCUT2D eigenvalue weighted by molar-refractivity contribution is -0.181. The van der Waals surface area contributed by atoms with Gasteiger partial charge in [0.05, 0.1) is 29.8 Å². The molecule has 1 spiro atoms. The fraction of sp³-hybridized carbons (Fsp3) is 0.593. The molecule has 0 radical (unpaired) electrons. The Morgan fingerprint density at radius 2 is 1.89 bits per heavy atom. The predicted octanol–water partition coefficient (Wildman–Crippen LogP) is 5.30. The fourth-order valence-corrected chi connectivity index (χ4v) is 7.56. The normalized spacial score (nSPS) is 25.6. The maximum atomic E-state index is 15.1. The van der Waals surface area contributed by atoms with Crippen LogP contribution in [0.15, 0.2) is 29.4 Å². The standard InChI is InChI=1S/C27H32ClF3N4O2S/c1-18-20(16-35(32-18)24-19(3-2-4-22(24)29)14-34-9-11-36-12-10-34)15-33-7-5-26(6-8-33)25-21(13-23(28)38-25)27(30,31)17-37-26/h2-4,13,20H,5-12,14-17H2,1H3. The van der Waals surface area contributed by atoms with E-state index in [-0.39, 0.29) is 17.3 Å². The number of morpholine rings is 1. The van der Waals surface area contributed by atoms with Crippen molar-refractivity contribution in [3.8, 4) is 0 Å². The van der Waals surface area contributed by atoms with Gasteiger partial charge in [-0.05, 0) is 37.5 Å². The van der Waals surface area contributed by atoms with E-state index >= 15 is 4.39 Å². The number of fused-ring (bicyclic) bond motifs is 2. The number of para-hydroxylation sites is 1. The minimum absolute atomic E-state index is 0.0272. The monoisotopic (exact) mass is 568 g/mol. The Bertz CT molecular complexity index is 1210. The van der Waals surface area contributed by atoms with Crippen LogP contribution in [0, 0.1) is 11.7 Å². The quantitative estimate of drug-likeness (QED) is 0.490. The van der Waals surface area contributed by atoms with Crippen molar-refractivity contribution in [2.45, 2.75) is 37.8 Å². The number of halogens is 4. The third-order valence-electron chi connectivity index (χ3n) is 8.27. The van der Waals surface area contributed by atoms with Gasteiger partial charge in [-0.1, -0.05) is 23.7 Å². The topological polar surface area (TPSA) is 40.5 Å². The first-order valence-electron chi connectivity index (χ1n) is 13.2. The molecule has 1 atom stereocenters. The van der Waals surface area contributed by atoms with Crippen LogP contribution in [0.2, 0.25) is 4.34 Å². The number of ether oxygens (including phenoxy) is 2. The van der Waals surface area contributed by atoms with E-state index in [1.54, 1.807) is 6.07 Å². The minimum atomic E-state index is -3.00. The number of alkyl halides is 2. The molecule has 38 heavy (non-hydrogen) atoms. The molecule has 5 heterocycles. The Morgan fingerprint density at radius 3 is 2.66 bits per heavy atom. The van der Waals surface area contributed by atoms with E-state index in [1.807, 2.05) is 18.0 Å². The SMILES string of the molecule is CC1=NN(c2c(F)cccc2CN2CCOCC2)CC1CN1CCC2(CC1)OCC(F)(F)c1cc(Cl)sc12. The van der Waals surface area contributed by atoms with Crippen LogP contribution in [0.3, 0.4) is 0 Å². The molecule has 4 aliphatic heterocycles. The van der Waals surface area contributed by atoms with Gasteiger partial charge in [-0.3, -0.25) is 9.91 Å². The van der Waals surface area contributed by atoms with Crippen LogP contribution in [0.4, 0.5) is 18.9 Å². The summed E-state index contributed by atoms with van der Waals surface area (Å²) >= 11 is 7.36. The molecule has 0 saturated carbocycles. The number of hydrogen-bond acceptors (Lipinski definition) is 7. The van der Waals surface area contributed by atoms with Gasteiger partial charge < -0.3 is 14.4 Å². The maximum absolute atomic E-state index is 15.1. The highest BCUT2D eigenvalue weighted by Gasteiger charge is 2.51. The summed E-state index contributed by atoms with van der Waals surface area (Å²) in [6, 6.07) is 6.65. The first kappa shape index (κ1) is 26.5. The summed E-state index contributed by atoms with van der Waals surface area (Å²) in [6.45, 7) is 7.96. The lowest BCUT2D eigenvalue weighted by Gasteiger charge is -2.45. The fourth-order valence-electron chi connectivity index (χ4n) is 6.08. The van der Waals surface area contributed by atoms with Crippen molar-refractivity contribution >= 4 is 34.3 Å². The molecule has 2 saturated heterocycles.